The van der Waals surface area contributed by atoms with Gasteiger partial charge in [-0.15, -0.1) is 11.8 Å². The number of benzene rings is 2. The van der Waals surface area contributed by atoms with E-state index in [4.69, 9.17) is 0 Å². The molecular weight excluding hydrogens is 315 g/mol. The third-order valence-corrected chi connectivity index (χ3v) is 4.10. The molecule has 0 saturated heterocycles. The molecule has 0 saturated carbocycles. The maximum atomic E-state index is 13.4. The van der Waals surface area contributed by atoms with Crippen LogP contribution in [0, 0.1) is 5.82 Å². The lowest BCUT2D eigenvalue weighted by Gasteiger charge is -2.11. The Morgan fingerprint density at radius 1 is 1.11 bits per heavy atom. The number of aliphatic hydroxyl groups is 1. The molecule has 0 spiro atoms. The zero-order chi connectivity index (χ0) is 13.0. The van der Waals surface area contributed by atoms with Gasteiger partial charge >= 0.3 is 0 Å². The van der Waals surface area contributed by atoms with Crippen LogP contribution in [0.25, 0.3) is 0 Å². The number of hydrogen-bond donors (Lipinski definition) is 1. The summed E-state index contributed by atoms with van der Waals surface area (Å²) < 4.78 is 14.5. The highest BCUT2D eigenvalue weighted by Gasteiger charge is 2.12. The second-order valence-corrected chi connectivity index (χ2v) is 5.81. The zero-order valence-electron chi connectivity index (χ0n) is 9.51. The third kappa shape index (κ3) is 3.57. The fourth-order valence-corrected chi connectivity index (χ4v) is 2.66. The van der Waals surface area contributed by atoms with Crippen molar-refractivity contribution in [3.05, 3.63) is 64.4 Å². The van der Waals surface area contributed by atoms with Gasteiger partial charge < -0.3 is 5.11 Å². The Hall–Kier alpha value is -0.840. The van der Waals surface area contributed by atoms with Crippen LogP contribution in [-0.4, -0.2) is 10.9 Å². The van der Waals surface area contributed by atoms with Gasteiger partial charge in [0.15, 0.2) is 0 Å². The molecule has 1 N–H and O–H groups in total. The molecule has 0 radical (unpaired) electrons. The van der Waals surface area contributed by atoms with Gasteiger partial charge in [-0.2, -0.15) is 0 Å². The van der Waals surface area contributed by atoms with Crippen LogP contribution in [-0.2, 0) is 0 Å². The first-order valence-electron chi connectivity index (χ1n) is 5.47. The maximum Gasteiger partial charge on any atom is 0.129 e. The Morgan fingerprint density at radius 2 is 1.78 bits per heavy atom. The van der Waals surface area contributed by atoms with Crippen molar-refractivity contribution in [2.24, 2.45) is 0 Å². The van der Waals surface area contributed by atoms with Crippen molar-refractivity contribution in [3.8, 4) is 0 Å². The normalized spacial score (nSPS) is 12.4. The van der Waals surface area contributed by atoms with Crippen molar-refractivity contribution >= 4 is 27.7 Å². The predicted molar refractivity (Wildman–Crippen MR) is 76.2 cm³/mol. The van der Waals surface area contributed by atoms with Gasteiger partial charge in [0.1, 0.15) is 5.82 Å². The average Bonchev–Trinajstić information content (AvgIpc) is 2.38. The molecule has 94 valence electrons. The molecule has 2 aromatic rings. The molecular formula is C14H12BrFOS. The Bertz CT molecular complexity index is 515. The van der Waals surface area contributed by atoms with Crippen molar-refractivity contribution < 1.29 is 9.50 Å². The summed E-state index contributed by atoms with van der Waals surface area (Å²) in [4.78, 5) is 1.05. The SMILES string of the molecule is OC(CSc1ccc(Br)cc1)c1ccccc1F. The molecule has 1 unspecified atom stereocenters. The van der Waals surface area contributed by atoms with E-state index in [1.165, 1.54) is 17.8 Å². The molecule has 4 heteroatoms. The smallest absolute Gasteiger partial charge is 0.129 e. The molecule has 0 aliphatic carbocycles. The molecule has 0 aromatic heterocycles. The minimum absolute atomic E-state index is 0.349. The maximum absolute atomic E-state index is 13.4. The van der Waals surface area contributed by atoms with Crippen molar-refractivity contribution in [2.45, 2.75) is 11.0 Å². The highest BCUT2D eigenvalue weighted by Crippen LogP contribution is 2.26. The lowest BCUT2D eigenvalue weighted by Crippen LogP contribution is -2.03. The van der Waals surface area contributed by atoms with Gasteiger partial charge in [-0.3, -0.25) is 0 Å². The first-order valence-corrected chi connectivity index (χ1v) is 7.25. The van der Waals surface area contributed by atoms with Gasteiger partial charge in [-0.1, -0.05) is 34.1 Å². The van der Waals surface area contributed by atoms with Gasteiger partial charge in [-0.05, 0) is 30.3 Å². The summed E-state index contributed by atoms with van der Waals surface area (Å²) in [6.07, 6.45) is -0.792. The first-order chi connectivity index (χ1) is 8.66. The number of halogens is 2. The van der Waals surface area contributed by atoms with Gasteiger partial charge in [-0.25, -0.2) is 4.39 Å². The van der Waals surface area contributed by atoms with E-state index in [0.29, 0.717) is 11.3 Å². The number of aliphatic hydroxyl groups excluding tert-OH is 1. The fraction of sp³-hybridized carbons (Fsp3) is 0.143. The molecule has 1 nitrogen and oxygen atoms in total. The van der Waals surface area contributed by atoms with E-state index in [-0.39, 0.29) is 5.82 Å². The Kier molecular flexibility index (Phi) is 4.80. The highest BCUT2D eigenvalue weighted by atomic mass is 79.9. The molecule has 2 aromatic carbocycles. The summed E-state index contributed by atoms with van der Waals surface area (Å²) >= 11 is 4.87. The predicted octanol–water partition coefficient (Wildman–Crippen LogP) is 4.41. The molecule has 0 aliphatic rings. The van der Waals surface area contributed by atoms with Crippen molar-refractivity contribution in [3.63, 3.8) is 0 Å². The van der Waals surface area contributed by atoms with E-state index in [9.17, 15) is 9.50 Å². The average molecular weight is 327 g/mol. The van der Waals surface area contributed by atoms with Gasteiger partial charge in [0, 0.05) is 20.7 Å². The molecule has 0 amide bonds. The van der Waals surface area contributed by atoms with Crippen LogP contribution in [0.5, 0.6) is 0 Å². The number of hydrogen-bond acceptors (Lipinski definition) is 2. The van der Waals surface area contributed by atoms with Gasteiger partial charge in [0.2, 0.25) is 0 Å². The van der Waals surface area contributed by atoms with Gasteiger partial charge in [0.25, 0.3) is 0 Å². The van der Waals surface area contributed by atoms with Crippen molar-refractivity contribution in [1.82, 2.24) is 0 Å². The minimum atomic E-state index is -0.792. The second-order valence-electron chi connectivity index (χ2n) is 3.80. The van der Waals surface area contributed by atoms with Crippen LogP contribution >= 0.6 is 27.7 Å². The summed E-state index contributed by atoms with van der Waals surface area (Å²) in [7, 11) is 0. The lowest BCUT2D eigenvalue weighted by atomic mass is 10.1. The Labute approximate surface area is 118 Å². The zero-order valence-corrected chi connectivity index (χ0v) is 11.9. The largest absolute Gasteiger partial charge is 0.387 e. The topological polar surface area (TPSA) is 20.2 Å². The van der Waals surface area contributed by atoms with Crippen LogP contribution in [0.3, 0.4) is 0 Å². The quantitative estimate of drug-likeness (QED) is 0.839. The van der Waals surface area contributed by atoms with Crippen LogP contribution in [0.15, 0.2) is 57.9 Å². The summed E-state index contributed by atoms with van der Waals surface area (Å²) in [6.45, 7) is 0. The summed E-state index contributed by atoms with van der Waals surface area (Å²) in [5, 5.41) is 9.95. The van der Waals surface area contributed by atoms with Crippen LogP contribution in [0.4, 0.5) is 4.39 Å². The van der Waals surface area contributed by atoms with Crippen LogP contribution < -0.4 is 0 Å². The Balaban J connectivity index is 1.98. The van der Waals surface area contributed by atoms with Crippen molar-refractivity contribution in [2.75, 3.05) is 5.75 Å². The van der Waals surface area contributed by atoms with Crippen LogP contribution in [0.1, 0.15) is 11.7 Å². The summed E-state index contributed by atoms with van der Waals surface area (Å²) in [6, 6.07) is 14.1. The van der Waals surface area contributed by atoms with Crippen molar-refractivity contribution in [1.29, 1.82) is 0 Å². The van der Waals surface area contributed by atoms with E-state index in [1.54, 1.807) is 18.2 Å². The monoisotopic (exact) mass is 326 g/mol. The van der Waals surface area contributed by atoms with E-state index in [0.717, 1.165) is 9.37 Å². The number of thioether (sulfide) groups is 1. The third-order valence-electron chi connectivity index (χ3n) is 2.49. The summed E-state index contributed by atoms with van der Waals surface area (Å²) in [5.74, 6) is 0.0733. The van der Waals surface area contributed by atoms with E-state index >= 15 is 0 Å². The molecule has 0 fully saturated rings. The fourth-order valence-electron chi connectivity index (χ4n) is 1.54. The first kappa shape index (κ1) is 13.6. The Morgan fingerprint density at radius 3 is 2.44 bits per heavy atom. The van der Waals surface area contributed by atoms with Crippen LogP contribution in [0.2, 0.25) is 0 Å². The second kappa shape index (κ2) is 6.36. The minimum Gasteiger partial charge on any atom is -0.387 e. The van der Waals surface area contributed by atoms with Gasteiger partial charge in [0.05, 0.1) is 6.10 Å². The molecule has 0 bridgehead atoms. The summed E-state index contributed by atoms with van der Waals surface area (Å²) in [5.41, 5.74) is 0.349. The molecule has 2 rings (SSSR count). The molecule has 18 heavy (non-hydrogen) atoms. The van der Waals surface area contributed by atoms with E-state index in [1.807, 2.05) is 24.3 Å². The molecule has 0 heterocycles. The van der Waals surface area contributed by atoms with E-state index < -0.39 is 6.10 Å². The lowest BCUT2D eigenvalue weighted by molar-refractivity contribution is 0.199. The highest BCUT2D eigenvalue weighted by molar-refractivity contribution is 9.10. The molecule has 0 aliphatic heterocycles. The number of rotatable bonds is 4. The van der Waals surface area contributed by atoms with E-state index in [2.05, 4.69) is 15.9 Å². The standard InChI is InChI=1S/C14H12BrFOS/c15-10-5-7-11(8-6-10)18-9-14(17)12-3-1-2-4-13(12)16/h1-8,14,17H,9H2. The molecule has 1 atom stereocenters.